The lowest BCUT2D eigenvalue weighted by molar-refractivity contribution is -0.117. The fourth-order valence-corrected chi connectivity index (χ4v) is 4.59. The van der Waals surface area contributed by atoms with Crippen molar-refractivity contribution in [1.82, 2.24) is 5.32 Å². The second-order valence-corrected chi connectivity index (χ2v) is 9.14. The fourth-order valence-electron chi connectivity index (χ4n) is 4.59. The molecule has 4 aromatic rings. The van der Waals surface area contributed by atoms with Gasteiger partial charge in [0.2, 0.25) is 0 Å². The van der Waals surface area contributed by atoms with Crippen LogP contribution in [0, 0.1) is 11.3 Å². The summed E-state index contributed by atoms with van der Waals surface area (Å²) >= 11 is 0. The molecule has 5 rings (SSSR count). The summed E-state index contributed by atoms with van der Waals surface area (Å²) in [4.78, 5) is 12.6. The van der Waals surface area contributed by atoms with E-state index in [1.807, 2.05) is 84.9 Å². The minimum absolute atomic E-state index is 0.0814. The molecular formula is C33H28N4O. The number of hydrazone groups is 1. The number of carbonyl (C=O) groups excluding carboxylic acids is 1. The maximum atomic E-state index is 12.6. The number of nitrogens with one attached hydrogen (secondary N) is 1. The molecule has 0 saturated carbocycles. The van der Waals surface area contributed by atoms with E-state index in [1.165, 1.54) is 5.56 Å². The van der Waals surface area contributed by atoms with Crippen LogP contribution >= 0.6 is 0 Å². The average Bonchev–Trinajstić information content (AvgIpc) is 3.43. The highest BCUT2D eigenvalue weighted by Crippen LogP contribution is 2.36. The van der Waals surface area contributed by atoms with Gasteiger partial charge in [-0.05, 0) is 46.9 Å². The van der Waals surface area contributed by atoms with Gasteiger partial charge in [0.15, 0.2) is 0 Å². The summed E-state index contributed by atoms with van der Waals surface area (Å²) in [5.41, 5.74) is 6.32. The number of nitrogens with zero attached hydrogens (tertiary/aromatic N) is 3. The summed E-state index contributed by atoms with van der Waals surface area (Å²) in [6.45, 7) is 0.471. The molecule has 1 atom stereocenters. The lowest BCUT2D eigenvalue weighted by atomic mass is 9.98. The van der Waals surface area contributed by atoms with E-state index in [4.69, 9.17) is 5.10 Å². The zero-order valence-electron chi connectivity index (χ0n) is 21.0. The molecule has 0 aliphatic carbocycles. The summed E-state index contributed by atoms with van der Waals surface area (Å²) in [5, 5.41) is 19.5. The Morgan fingerprint density at radius 3 is 2.18 bits per heavy atom. The van der Waals surface area contributed by atoms with Gasteiger partial charge in [0.25, 0.3) is 5.91 Å². The number of anilines is 1. The van der Waals surface area contributed by atoms with Crippen molar-refractivity contribution in [1.29, 1.82) is 5.26 Å². The molecule has 5 nitrogen and oxygen atoms in total. The van der Waals surface area contributed by atoms with Crippen molar-refractivity contribution in [3.8, 4) is 6.07 Å². The van der Waals surface area contributed by atoms with Crippen LogP contribution in [0.1, 0.15) is 34.7 Å². The number of hydrogen-bond acceptors (Lipinski definition) is 4. The predicted molar refractivity (Wildman–Crippen MR) is 152 cm³/mol. The third-order valence-corrected chi connectivity index (χ3v) is 6.58. The van der Waals surface area contributed by atoms with Crippen molar-refractivity contribution in [2.45, 2.75) is 18.9 Å². The second-order valence-electron chi connectivity index (χ2n) is 9.14. The van der Waals surface area contributed by atoms with Crippen LogP contribution in [0.15, 0.2) is 126 Å². The summed E-state index contributed by atoms with van der Waals surface area (Å²) in [7, 11) is 0. The Morgan fingerprint density at radius 1 is 0.895 bits per heavy atom. The SMILES string of the molecule is N#C/C(=C\c1ccc(N2N=C(c3ccccc3)CC2c2ccccc2)cc1)C(=O)NCCc1ccccc1. The number of hydrogen-bond donors (Lipinski definition) is 1. The van der Waals surface area contributed by atoms with Crippen molar-refractivity contribution in [2.24, 2.45) is 5.10 Å². The molecule has 1 N–H and O–H groups in total. The molecule has 1 aliphatic rings. The number of amides is 1. The molecule has 0 bridgehead atoms. The zero-order chi connectivity index (χ0) is 26.2. The van der Waals surface area contributed by atoms with Gasteiger partial charge in [-0.3, -0.25) is 9.80 Å². The van der Waals surface area contributed by atoms with Crippen LogP contribution in [0.2, 0.25) is 0 Å². The molecule has 1 amide bonds. The normalized spacial score (nSPS) is 15.0. The number of rotatable bonds is 8. The third-order valence-electron chi connectivity index (χ3n) is 6.58. The van der Waals surface area contributed by atoms with Crippen LogP contribution < -0.4 is 10.3 Å². The average molecular weight is 497 g/mol. The minimum Gasteiger partial charge on any atom is -0.351 e. The first-order valence-electron chi connectivity index (χ1n) is 12.7. The van der Waals surface area contributed by atoms with Gasteiger partial charge in [0, 0.05) is 13.0 Å². The van der Waals surface area contributed by atoms with E-state index in [9.17, 15) is 10.1 Å². The lowest BCUT2D eigenvalue weighted by Gasteiger charge is -2.24. The van der Waals surface area contributed by atoms with E-state index >= 15 is 0 Å². The van der Waals surface area contributed by atoms with Crippen molar-refractivity contribution in [3.63, 3.8) is 0 Å². The molecule has 38 heavy (non-hydrogen) atoms. The van der Waals surface area contributed by atoms with Gasteiger partial charge in [-0.25, -0.2) is 0 Å². The first kappa shape index (κ1) is 24.7. The molecule has 0 fully saturated rings. The van der Waals surface area contributed by atoms with Crippen LogP contribution in [0.3, 0.4) is 0 Å². The molecule has 0 aromatic heterocycles. The predicted octanol–water partition coefficient (Wildman–Crippen LogP) is 6.31. The summed E-state index contributed by atoms with van der Waals surface area (Å²) in [6.07, 6.45) is 3.14. The van der Waals surface area contributed by atoms with Crippen LogP contribution in [0.5, 0.6) is 0 Å². The molecule has 0 spiro atoms. The van der Waals surface area contributed by atoms with Gasteiger partial charge in [-0.1, -0.05) is 103 Å². The minimum atomic E-state index is -0.367. The van der Waals surface area contributed by atoms with E-state index in [0.29, 0.717) is 13.0 Å². The smallest absolute Gasteiger partial charge is 0.261 e. The second kappa shape index (κ2) is 11.9. The molecular weight excluding hydrogens is 468 g/mol. The van der Waals surface area contributed by atoms with E-state index < -0.39 is 0 Å². The molecule has 5 heteroatoms. The van der Waals surface area contributed by atoms with Crippen molar-refractivity contribution >= 4 is 23.4 Å². The summed E-state index contributed by atoms with van der Waals surface area (Å²) < 4.78 is 0. The van der Waals surface area contributed by atoms with Crippen LogP contribution in [0.25, 0.3) is 6.08 Å². The fraction of sp³-hybridized carbons (Fsp3) is 0.121. The van der Waals surface area contributed by atoms with Crippen molar-refractivity contribution < 1.29 is 4.79 Å². The number of carbonyl (C=O) groups is 1. The summed E-state index contributed by atoms with van der Waals surface area (Å²) in [5.74, 6) is -0.367. The maximum absolute atomic E-state index is 12.6. The van der Waals surface area contributed by atoms with Gasteiger partial charge in [-0.15, -0.1) is 0 Å². The first-order valence-corrected chi connectivity index (χ1v) is 12.7. The standard InChI is InChI=1S/C33H28N4O/c34-24-29(33(38)35-21-20-25-10-4-1-5-11-25)22-26-16-18-30(19-17-26)37-32(28-14-8-3-9-15-28)23-31(36-37)27-12-6-2-7-13-27/h1-19,22,32H,20-21,23H2,(H,35,38)/b29-22+. The van der Waals surface area contributed by atoms with Crippen LogP contribution in [-0.4, -0.2) is 18.2 Å². The molecule has 0 saturated heterocycles. The van der Waals surface area contributed by atoms with Gasteiger partial charge in [0.05, 0.1) is 17.4 Å². The molecule has 1 aliphatic heterocycles. The number of nitriles is 1. The van der Waals surface area contributed by atoms with E-state index in [0.717, 1.165) is 34.5 Å². The maximum Gasteiger partial charge on any atom is 0.261 e. The Morgan fingerprint density at radius 2 is 1.53 bits per heavy atom. The lowest BCUT2D eigenvalue weighted by Crippen LogP contribution is -2.26. The molecule has 0 radical (unpaired) electrons. The number of benzene rings is 4. The molecule has 4 aromatic carbocycles. The van der Waals surface area contributed by atoms with E-state index in [-0.39, 0.29) is 17.5 Å². The molecule has 186 valence electrons. The highest BCUT2D eigenvalue weighted by molar-refractivity contribution is 6.03. The molecule has 1 heterocycles. The third kappa shape index (κ3) is 5.88. The highest BCUT2D eigenvalue weighted by Gasteiger charge is 2.29. The van der Waals surface area contributed by atoms with Gasteiger partial charge >= 0.3 is 0 Å². The zero-order valence-corrected chi connectivity index (χ0v) is 21.0. The Labute approximate surface area is 223 Å². The Kier molecular flexibility index (Phi) is 7.72. The highest BCUT2D eigenvalue weighted by atomic mass is 16.1. The van der Waals surface area contributed by atoms with E-state index in [1.54, 1.807) is 6.08 Å². The quantitative estimate of drug-likeness (QED) is 0.230. The Bertz CT molecular complexity index is 1470. The Hall–Kier alpha value is -4.95. The largest absolute Gasteiger partial charge is 0.351 e. The van der Waals surface area contributed by atoms with Crippen LogP contribution in [0.4, 0.5) is 5.69 Å². The van der Waals surface area contributed by atoms with Gasteiger partial charge in [-0.2, -0.15) is 10.4 Å². The first-order chi connectivity index (χ1) is 18.7. The summed E-state index contributed by atoms with van der Waals surface area (Å²) in [6, 6.07) is 40.5. The van der Waals surface area contributed by atoms with Gasteiger partial charge in [0.1, 0.15) is 11.6 Å². The molecule has 1 unspecified atom stereocenters. The van der Waals surface area contributed by atoms with Gasteiger partial charge < -0.3 is 5.32 Å². The Balaban J connectivity index is 1.32. The van der Waals surface area contributed by atoms with Crippen molar-refractivity contribution in [2.75, 3.05) is 11.6 Å². The van der Waals surface area contributed by atoms with Crippen LogP contribution in [-0.2, 0) is 11.2 Å². The van der Waals surface area contributed by atoms with Crippen molar-refractivity contribution in [3.05, 3.63) is 143 Å². The monoisotopic (exact) mass is 496 g/mol. The topological polar surface area (TPSA) is 68.5 Å². The van der Waals surface area contributed by atoms with E-state index in [2.05, 4.69) is 46.7 Å².